The zero-order valence-electron chi connectivity index (χ0n) is 16.8. The number of rotatable bonds is 3. The van der Waals surface area contributed by atoms with Gasteiger partial charge in [-0.15, -0.1) is 6.58 Å². The fourth-order valence-electron chi connectivity index (χ4n) is 7.86. The average Bonchev–Trinajstić information content (AvgIpc) is 2.91. The Kier molecular flexibility index (Phi) is 4.33. The lowest BCUT2D eigenvalue weighted by Gasteiger charge is -2.59. The lowest BCUT2D eigenvalue weighted by atomic mass is 9.46. The van der Waals surface area contributed by atoms with Crippen molar-refractivity contribution >= 4 is 0 Å². The highest BCUT2D eigenvalue weighted by molar-refractivity contribution is 5.33. The molecule has 0 N–H and O–H groups in total. The first-order valence-corrected chi connectivity index (χ1v) is 10.9. The van der Waals surface area contributed by atoms with Crippen LogP contribution in [0.5, 0.6) is 0 Å². The fourth-order valence-corrected chi connectivity index (χ4v) is 7.86. The summed E-state index contributed by atoms with van der Waals surface area (Å²) in [6.07, 6.45) is 17.2. The van der Waals surface area contributed by atoms with Crippen molar-refractivity contribution in [2.45, 2.75) is 78.6 Å². The highest BCUT2D eigenvalue weighted by Gasteiger charge is 2.58. The molecule has 3 fully saturated rings. The van der Waals surface area contributed by atoms with Gasteiger partial charge in [-0.25, -0.2) is 0 Å². The summed E-state index contributed by atoms with van der Waals surface area (Å²) >= 11 is 0. The Balaban J connectivity index is 1.68. The summed E-state index contributed by atoms with van der Waals surface area (Å²) in [5, 5.41) is 0. The Bertz CT molecular complexity index is 591. The highest BCUT2D eigenvalue weighted by Crippen LogP contribution is 2.67. The molecule has 4 aliphatic carbocycles. The first-order chi connectivity index (χ1) is 11.9. The zero-order chi connectivity index (χ0) is 17.8. The second-order valence-electron chi connectivity index (χ2n) is 10.5. The Morgan fingerprint density at radius 2 is 1.96 bits per heavy atom. The SMILES string of the molecule is C=CCCC12CCC3C4CCC(=C)C=C4C(C)(C)CC3C1CCC2C. The minimum atomic E-state index is 0.378. The van der Waals surface area contributed by atoms with Crippen molar-refractivity contribution in [3.63, 3.8) is 0 Å². The van der Waals surface area contributed by atoms with Crippen molar-refractivity contribution in [1.82, 2.24) is 0 Å². The van der Waals surface area contributed by atoms with E-state index in [1.54, 1.807) is 5.57 Å². The van der Waals surface area contributed by atoms with Gasteiger partial charge in [-0.2, -0.15) is 0 Å². The molecule has 4 aliphatic rings. The van der Waals surface area contributed by atoms with E-state index < -0.39 is 0 Å². The summed E-state index contributed by atoms with van der Waals surface area (Å²) in [5.41, 5.74) is 4.14. The van der Waals surface area contributed by atoms with E-state index in [1.165, 1.54) is 63.4 Å². The molecule has 3 saturated carbocycles. The van der Waals surface area contributed by atoms with Gasteiger partial charge in [0.1, 0.15) is 0 Å². The molecule has 0 saturated heterocycles. The summed E-state index contributed by atoms with van der Waals surface area (Å²) in [5.74, 6) is 4.68. The van der Waals surface area contributed by atoms with Crippen molar-refractivity contribution in [3.8, 4) is 0 Å². The molecular weight excluding hydrogens is 300 g/mol. The molecule has 0 nitrogen and oxygen atoms in total. The maximum Gasteiger partial charge on any atom is -0.0136 e. The van der Waals surface area contributed by atoms with Crippen LogP contribution in [0.25, 0.3) is 0 Å². The van der Waals surface area contributed by atoms with E-state index in [0.29, 0.717) is 10.8 Å². The Morgan fingerprint density at radius 3 is 2.72 bits per heavy atom. The molecule has 0 bridgehead atoms. The van der Waals surface area contributed by atoms with Gasteiger partial charge in [-0.1, -0.05) is 50.6 Å². The van der Waals surface area contributed by atoms with E-state index in [1.807, 2.05) is 0 Å². The van der Waals surface area contributed by atoms with Crippen LogP contribution in [-0.4, -0.2) is 0 Å². The minimum absolute atomic E-state index is 0.378. The third-order valence-corrected chi connectivity index (χ3v) is 9.03. The van der Waals surface area contributed by atoms with Crippen LogP contribution >= 0.6 is 0 Å². The average molecular weight is 339 g/mol. The molecule has 0 radical (unpaired) electrons. The summed E-state index contributed by atoms with van der Waals surface area (Å²) in [6, 6.07) is 0. The van der Waals surface area contributed by atoms with Crippen LogP contribution in [0.3, 0.4) is 0 Å². The molecule has 0 heterocycles. The quantitative estimate of drug-likeness (QED) is 0.472. The molecular formula is C25H38. The summed E-state index contributed by atoms with van der Waals surface area (Å²) in [6.45, 7) is 15.9. The molecule has 0 aromatic rings. The topological polar surface area (TPSA) is 0 Å². The van der Waals surface area contributed by atoms with E-state index in [0.717, 1.165) is 29.6 Å². The number of allylic oxidation sites excluding steroid dienone is 4. The third-order valence-electron chi connectivity index (χ3n) is 9.03. The lowest BCUT2D eigenvalue weighted by Crippen LogP contribution is -2.50. The maximum atomic E-state index is 4.30. The van der Waals surface area contributed by atoms with Gasteiger partial charge >= 0.3 is 0 Å². The van der Waals surface area contributed by atoms with Crippen molar-refractivity contribution in [1.29, 1.82) is 0 Å². The lowest BCUT2D eigenvalue weighted by molar-refractivity contribution is -0.0548. The van der Waals surface area contributed by atoms with Crippen molar-refractivity contribution in [2.75, 3.05) is 0 Å². The van der Waals surface area contributed by atoms with Crippen LogP contribution < -0.4 is 0 Å². The van der Waals surface area contributed by atoms with Gasteiger partial charge in [-0.05, 0) is 98.2 Å². The largest absolute Gasteiger partial charge is 0.103 e. The second-order valence-corrected chi connectivity index (χ2v) is 10.5. The van der Waals surface area contributed by atoms with Gasteiger partial charge in [0.2, 0.25) is 0 Å². The van der Waals surface area contributed by atoms with Crippen LogP contribution in [0.4, 0.5) is 0 Å². The van der Waals surface area contributed by atoms with E-state index in [2.05, 4.69) is 46.1 Å². The first-order valence-electron chi connectivity index (χ1n) is 10.9. The van der Waals surface area contributed by atoms with E-state index in [4.69, 9.17) is 0 Å². The van der Waals surface area contributed by atoms with Crippen molar-refractivity contribution < 1.29 is 0 Å². The van der Waals surface area contributed by atoms with Crippen LogP contribution in [-0.2, 0) is 0 Å². The smallest absolute Gasteiger partial charge is 0.0136 e. The molecule has 138 valence electrons. The molecule has 0 aliphatic heterocycles. The molecule has 0 amide bonds. The standard InChI is InChI=1S/C25H38/c1-6-7-13-25-14-12-19-20-10-8-17(2)15-23(20)24(4,5)16-21(19)22(25)11-9-18(25)3/h6,15,18-22H,1-2,7-14,16H2,3-5H3. The van der Waals surface area contributed by atoms with Crippen LogP contribution in [0.2, 0.25) is 0 Å². The minimum Gasteiger partial charge on any atom is -0.103 e. The monoisotopic (exact) mass is 338 g/mol. The highest BCUT2D eigenvalue weighted by atomic mass is 14.6. The van der Waals surface area contributed by atoms with Gasteiger partial charge < -0.3 is 0 Å². The number of hydrogen-bond acceptors (Lipinski definition) is 0. The van der Waals surface area contributed by atoms with E-state index in [-0.39, 0.29) is 0 Å². The Morgan fingerprint density at radius 1 is 1.16 bits per heavy atom. The van der Waals surface area contributed by atoms with E-state index in [9.17, 15) is 0 Å². The molecule has 6 atom stereocenters. The second kappa shape index (κ2) is 6.14. The number of fused-ring (bicyclic) bond motifs is 5. The normalized spacial score (nSPS) is 45.2. The summed E-state index contributed by atoms with van der Waals surface area (Å²) in [4.78, 5) is 0. The Hall–Kier alpha value is -0.780. The van der Waals surface area contributed by atoms with Gasteiger partial charge in [0.15, 0.2) is 0 Å². The summed E-state index contributed by atoms with van der Waals surface area (Å²) < 4.78 is 0. The van der Waals surface area contributed by atoms with Gasteiger partial charge in [0.25, 0.3) is 0 Å². The maximum absolute atomic E-state index is 4.30. The van der Waals surface area contributed by atoms with Crippen LogP contribution in [0.1, 0.15) is 78.6 Å². The van der Waals surface area contributed by atoms with Crippen LogP contribution in [0.15, 0.2) is 36.5 Å². The fraction of sp³-hybridized carbons (Fsp3) is 0.760. The number of hydrogen-bond donors (Lipinski definition) is 0. The molecule has 0 aromatic carbocycles. The summed E-state index contributed by atoms with van der Waals surface area (Å²) in [7, 11) is 0. The molecule has 0 heteroatoms. The molecule has 4 rings (SSSR count). The molecule has 6 unspecified atom stereocenters. The Labute approximate surface area is 155 Å². The molecule has 0 spiro atoms. The van der Waals surface area contributed by atoms with Gasteiger partial charge in [-0.3, -0.25) is 0 Å². The van der Waals surface area contributed by atoms with Crippen molar-refractivity contribution in [2.24, 2.45) is 40.4 Å². The predicted octanol–water partition coefficient (Wildman–Crippen LogP) is 7.33. The van der Waals surface area contributed by atoms with Gasteiger partial charge in [0.05, 0.1) is 0 Å². The molecule has 25 heavy (non-hydrogen) atoms. The first kappa shape index (κ1) is 17.6. The third kappa shape index (κ3) is 2.62. The van der Waals surface area contributed by atoms with Crippen molar-refractivity contribution in [3.05, 3.63) is 36.5 Å². The van der Waals surface area contributed by atoms with Crippen LogP contribution in [0, 0.1) is 40.4 Å². The molecule has 0 aromatic heterocycles. The van der Waals surface area contributed by atoms with Gasteiger partial charge in [0, 0.05) is 0 Å². The predicted molar refractivity (Wildman–Crippen MR) is 108 cm³/mol. The zero-order valence-corrected chi connectivity index (χ0v) is 16.8. The van der Waals surface area contributed by atoms with E-state index >= 15 is 0 Å².